The Bertz CT molecular complexity index is 174. The normalized spacial score (nSPS) is 11.9. The van der Waals surface area contributed by atoms with Gasteiger partial charge in [-0.3, -0.25) is 4.39 Å². The van der Waals surface area contributed by atoms with E-state index in [4.69, 9.17) is 0 Å². The Kier molecular flexibility index (Phi) is 15.4. The number of rotatable bonds is 5. The smallest absolute Gasteiger partial charge is 0.243 e. The molecule has 0 unspecified atom stereocenters. The molecule has 106 valence electrons. The predicted octanol–water partition coefficient (Wildman–Crippen LogP) is 5.88. The van der Waals surface area contributed by atoms with Crippen molar-refractivity contribution in [1.29, 1.82) is 0 Å². The molecule has 0 aromatic carbocycles. The summed E-state index contributed by atoms with van der Waals surface area (Å²) in [5, 5.41) is 0. The Morgan fingerprint density at radius 1 is 1.18 bits per heavy atom. The van der Waals surface area contributed by atoms with Crippen LogP contribution in [0.25, 0.3) is 0 Å². The molecular weight excluding hydrogens is 225 g/mol. The quantitative estimate of drug-likeness (QED) is 0.537. The molecule has 1 atom stereocenters. The van der Waals surface area contributed by atoms with Crippen LogP contribution in [0, 0.1) is 11.3 Å². The summed E-state index contributed by atoms with van der Waals surface area (Å²) in [5.74, 6) is 0.345. The largest absolute Gasteiger partial charge is 0.255 e. The molecule has 0 heterocycles. The summed E-state index contributed by atoms with van der Waals surface area (Å²) in [6.07, 6.45) is -0.879. The first-order valence-electron chi connectivity index (χ1n) is 6.08. The molecule has 0 aromatic rings. The zero-order valence-electron chi connectivity index (χ0n) is 12.4. The zero-order chi connectivity index (χ0) is 14.6. The van der Waals surface area contributed by atoms with Gasteiger partial charge in [0.1, 0.15) is 0 Å². The van der Waals surface area contributed by atoms with Crippen molar-refractivity contribution < 1.29 is 13.2 Å². The van der Waals surface area contributed by atoms with Gasteiger partial charge in [0.05, 0.1) is 7.18 Å². The lowest BCUT2D eigenvalue weighted by atomic mass is 9.84. The van der Waals surface area contributed by atoms with Crippen LogP contribution in [-0.4, -0.2) is 13.6 Å². The third kappa shape index (κ3) is 11.8. The Hall–Kier alpha value is -0.470. The Labute approximate surface area is 105 Å². The zero-order valence-corrected chi connectivity index (χ0v) is 12.4. The van der Waals surface area contributed by atoms with Gasteiger partial charge in [-0.25, -0.2) is 8.78 Å². The van der Waals surface area contributed by atoms with Gasteiger partial charge in [0.15, 0.2) is 0 Å². The average Bonchev–Trinajstić information content (AvgIpc) is 2.31. The monoisotopic (exact) mass is 254 g/mol. The molecule has 0 aliphatic rings. The lowest BCUT2D eigenvalue weighted by molar-refractivity contribution is 0.0112. The highest BCUT2D eigenvalue weighted by molar-refractivity contribution is 4.94. The summed E-state index contributed by atoms with van der Waals surface area (Å²) in [4.78, 5) is 0. The van der Waals surface area contributed by atoms with Gasteiger partial charge in [0.2, 0.25) is 6.43 Å². The fourth-order valence-electron chi connectivity index (χ4n) is 0.944. The number of halogens is 3. The van der Waals surface area contributed by atoms with Crippen LogP contribution in [0.15, 0.2) is 12.2 Å². The molecule has 0 aliphatic carbocycles. The van der Waals surface area contributed by atoms with Crippen LogP contribution >= 0.6 is 0 Å². The maximum absolute atomic E-state index is 12.4. The Balaban J connectivity index is -0.000000439. The minimum Gasteiger partial charge on any atom is -0.255 e. The van der Waals surface area contributed by atoms with Crippen molar-refractivity contribution in [3.8, 4) is 0 Å². The van der Waals surface area contributed by atoms with Crippen molar-refractivity contribution in [2.45, 2.75) is 60.8 Å². The number of hydrogen-bond acceptors (Lipinski definition) is 0. The molecule has 3 heteroatoms. The van der Waals surface area contributed by atoms with Gasteiger partial charge >= 0.3 is 0 Å². The van der Waals surface area contributed by atoms with Crippen LogP contribution < -0.4 is 0 Å². The average molecular weight is 254 g/mol. The summed E-state index contributed by atoms with van der Waals surface area (Å²) in [6, 6.07) is 0. The van der Waals surface area contributed by atoms with Gasteiger partial charge in [0.25, 0.3) is 0 Å². The summed E-state index contributed by atoms with van der Waals surface area (Å²) >= 11 is 0. The molecule has 0 aliphatic heterocycles. The van der Waals surface area contributed by atoms with E-state index in [1.54, 1.807) is 13.8 Å². The molecule has 0 radical (unpaired) electrons. The maximum Gasteiger partial charge on any atom is 0.243 e. The summed E-state index contributed by atoms with van der Waals surface area (Å²) in [7, 11) is 0.500. The molecule has 0 saturated carbocycles. The van der Waals surface area contributed by atoms with E-state index in [0.717, 1.165) is 12.0 Å². The molecule has 0 aromatic heterocycles. The second-order valence-corrected chi connectivity index (χ2v) is 4.58. The van der Waals surface area contributed by atoms with E-state index in [9.17, 15) is 13.2 Å². The van der Waals surface area contributed by atoms with E-state index in [0.29, 0.717) is 19.5 Å². The summed E-state index contributed by atoms with van der Waals surface area (Å²) < 4.78 is 34.4. The Morgan fingerprint density at radius 2 is 1.53 bits per heavy atom. The van der Waals surface area contributed by atoms with Crippen LogP contribution in [-0.2, 0) is 0 Å². The number of allylic oxidation sites excluding steroid dienone is 1. The first kappa shape index (κ1) is 21.8. The maximum atomic E-state index is 12.4. The lowest BCUT2D eigenvalue weighted by Gasteiger charge is -2.25. The van der Waals surface area contributed by atoms with E-state index in [1.165, 1.54) is 0 Å². The number of alkyl halides is 3. The van der Waals surface area contributed by atoms with E-state index in [-0.39, 0.29) is 0 Å². The van der Waals surface area contributed by atoms with E-state index >= 15 is 0 Å². The van der Waals surface area contributed by atoms with Crippen molar-refractivity contribution in [2.24, 2.45) is 11.3 Å². The second-order valence-electron chi connectivity index (χ2n) is 4.58. The third-order valence-electron chi connectivity index (χ3n) is 2.65. The first-order valence-corrected chi connectivity index (χ1v) is 6.08. The minimum atomic E-state index is -2.23. The molecular formula is C14H29F3. The van der Waals surface area contributed by atoms with Crippen molar-refractivity contribution in [1.82, 2.24) is 0 Å². The molecule has 0 saturated heterocycles. The van der Waals surface area contributed by atoms with Crippen molar-refractivity contribution >= 4 is 0 Å². The highest BCUT2D eigenvalue weighted by Crippen LogP contribution is 2.32. The van der Waals surface area contributed by atoms with Gasteiger partial charge < -0.3 is 0 Å². The molecule has 0 nitrogen and oxygen atoms in total. The van der Waals surface area contributed by atoms with Crippen molar-refractivity contribution in [2.75, 3.05) is 7.18 Å². The predicted molar refractivity (Wildman–Crippen MR) is 71.4 cm³/mol. The summed E-state index contributed by atoms with van der Waals surface area (Å²) in [6.45, 7) is 15.0. The van der Waals surface area contributed by atoms with Crippen molar-refractivity contribution in [3.63, 3.8) is 0 Å². The first-order chi connectivity index (χ1) is 7.77. The van der Waals surface area contributed by atoms with E-state index < -0.39 is 11.8 Å². The van der Waals surface area contributed by atoms with Gasteiger partial charge in [-0.05, 0) is 25.7 Å². The van der Waals surface area contributed by atoms with Crippen LogP contribution in [0.1, 0.15) is 54.4 Å². The van der Waals surface area contributed by atoms with Gasteiger partial charge in [-0.2, -0.15) is 0 Å². The van der Waals surface area contributed by atoms with Gasteiger partial charge in [0, 0.05) is 5.41 Å². The summed E-state index contributed by atoms with van der Waals surface area (Å²) in [5.41, 5.74) is 0.217. The molecule has 0 spiro atoms. The molecule has 0 rings (SSSR count). The fourth-order valence-corrected chi connectivity index (χ4v) is 0.944. The van der Waals surface area contributed by atoms with Gasteiger partial charge in [-0.1, -0.05) is 46.8 Å². The third-order valence-corrected chi connectivity index (χ3v) is 2.65. The molecule has 0 amide bonds. The fraction of sp³-hybridized carbons (Fsp3) is 0.857. The number of hydrogen-bond donors (Lipinski definition) is 0. The minimum absolute atomic E-state index is 0.345. The molecule has 0 N–H and O–H groups in total. The Morgan fingerprint density at radius 3 is 1.76 bits per heavy atom. The van der Waals surface area contributed by atoms with E-state index in [2.05, 4.69) is 6.58 Å². The highest BCUT2D eigenvalue weighted by Gasteiger charge is 2.29. The lowest BCUT2D eigenvalue weighted by Crippen LogP contribution is -2.22. The topological polar surface area (TPSA) is 0 Å². The van der Waals surface area contributed by atoms with Crippen LogP contribution in [0.2, 0.25) is 0 Å². The highest BCUT2D eigenvalue weighted by atomic mass is 19.3. The van der Waals surface area contributed by atoms with Crippen molar-refractivity contribution in [3.05, 3.63) is 12.2 Å². The van der Waals surface area contributed by atoms with Crippen LogP contribution in [0.4, 0.5) is 13.2 Å². The second kappa shape index (κ2) is 12.0. The van der Waals surface area contributed by atoms with Crippen LogP contribution in [0.5, 0.6) is 0 Å². The van der Waals surface area contributed by atoms with Gasteiger partial charge in [-0.15, -0.1) is 0 Å². The molecule has 0 fully saturated rings. The molecule has 17 heavy (non-hydrogen) atoms. The van der Waals surface area contributed by atoms with E-state index in [1.807, 2.05) is 27.7 Å². The SMILES string of the molecule is C=C(C)[C@@H](C)CCC(C)(C)C(F)F.CC.CF. The van der Waals surface area contributed by atoms with Crippen LogP contribution in [0.3, 0.4) is 0 Å². The molecule has 0 bridgehead atoms. The standard InChI is InChI=1S/C11H20F2.C2H6.CH3F/c1-8(2)9(3)6-7-11(4,5)10(12)13;2*1-2/h9-10H,1,6-7H2,2-5H3;1-2H3;1H3/t9-;;/m0../s1.